The van der Waals surface area contributed by atoms with Crippen molar-refractivity contribution < 1.29 is 14.3 Å². The average Bonchev–Trinajstić information content (AvgIpc) is 3.40. The zero-order chi connectivity index (χ0) is 15.8. The van der Waals surface area contributed by atoms with Gasteiger partial charge in [-0.15, -0.1) is 0 Å². The lowest BCUT2D eigenvalue weighted by Gasteiger charge is -2.35. The summed E-state index contributed by atoms with van der Waals surface area (Å²) in [6, 6.07) is 4.07. The van der Waals surface area contributed by atoms with Gasteiger partial charge in [0.2, 0.25) is 5.91 Å². The Labute approximate surface area is 144 Å². The van der Waals surface area contributed by atoms with Crippen LogP contribution in [0.3, 0.4) is 0 Å². The summed E-state index contributed by atoms with van der Waals surface area (Å²) in [7, 11) is 0. The molecule has 2 fully saturated rings. The van der Waals surface area contributed by atoms with Crippen LogP contribution in [-0.2, 0) is 11.3 Å². The molecule has 1 amide bonds. The van der Waals surface area contributed by atoms with Gasteiger partial charge in [0, 0.05) is 43.1 Å². The molecule has 0 bridgehead atoms. The minimum Gasteiger partial charge on any atom is -0.486 e. The Bertz CT molecular complexity index is 610. The van der Waals surface area contributed by atoms with Gasteiger partial charge in [-0.2, -0.15) is 0 Å². The number of nitrogens with zero attached hydrogens (tertiary/aromatic N) is 2. The average molecular weight is 381 g/mol. The van der Waals surface area contributed by atoms with Crippen molar-refractivity contribution in [1.82, 2.24) is 9.80 Å². The molecule has 1 saturated heterocycles. The highest BCUT2D eigenvalue weighted by atomic mass is 79.9. The molecule has 1 aromatic rings. The first-order valence-electron chi connectivity index (χ1n) is 8.30. The summed E-state index contributed by atoms with van der Waals surface area (Å²) in [6.45, 7) is 5.63. The number of hydrogen-bond acceptors (Lipinski definition) is 4. The quantitative estimate of drug-likeness (QED) is 0.806. The van der Waals surface area contributed by atoms with E-state index in [1.807, 2.05) is 11.0 Å². The highest BCUT2D eigenvalue weighted by molar-refractivity contribution is 9.10. The molecule has 6 heteroatoms. The summed E-state index contributed by atoms with van der Waals surface area (Å²) < 4.78 is 12.3. The predicted octanol–water partition coefficient (Wildman–Crippen LogP) is 2.27. The van der Waals surface area contributed by atoms with Crippen molar-refractivity contribution in [2.75, 3.05) is 39.4 Å². The molecule has 0 atom stereocenters. The van der Waals surface area contributed by atoms with Gasteiger partial charge in [-0.05, 0) is 30.5 Å². The molecule has 4 rings (SSSR count). The topological polar surface area (TPSA) is 42.0 Å². The lowest BCUT2D eigenvalue weighted by molar-refractivity contribution is -0.134. The van der Waals surface area contributed by atoms with Crippen molar-refractivity contribution in [2.24, 2.45) is 5.92 Å². The SMILES string of the molecule is O=C(C1CC1)N1CCN(Cc2cc3c(cc2Br)OCCO3)CC1. The van der Waals surface area contributed by atoms with Crippen LogP contribution in [-0.4, -0.2) is 55.1 Å². The number of amides is 1. The molecule has 0 radical (unpaired) electrons. The van der Waals surface area contributed by atoms with Gasteiger partial charge in [0.25, 0.3) is 0 Å². The van der Waals surface area contributed by atoms with Gasteiger partial charge in [0.1, 0.15) is 13.2 Å². The lowest BCUT2D eigenvalue weighted by Crippen LogP contribution is -2.48. The summed E-state index contributed by atoms with van der Waals surface area (Å²) in [5, 5.41) is 0. The molecule has 1 saturated carbocycles. The predicted molar refractivity (Wildman–Crippen MR) is 89.7 cm³/mol. The molecular formula is C17H21BrN2O3. The van der Waals surface area contributed by atoms with Crippen LogP contribution in [0.2, 0.25) is 0 Å². The second-order valence-electron chi connectivity index (χ2n) is 6.46. The number of carbonyl (C=O) groups excluding carboxylic acids is 1. The van der Waals surface area contributed by atoms with Crippen molar-refractivity contribution in [2.45, 2.75) is 19.4 Å². The van der Waals surface area contributed by atoms with E-state index in [0.717, 1.165) is 61.5 Å². The number of ether oxygens (including phenoxy) is 2. The van der Waals surface area contributed by atoms with Crippen LogP contribution in [0.5, 0.6) is 11.5 Å². The lowest BCUT2D eigenvalue weighted by atomic mass is 10.1. The Morgan fingerprint density at radius 1 is 1.09 bits per heavy atom. The van der Waals surface area contributed by atoms with E-state index < -0.39 is 0 Å². The van der Waals surface area contributed by atoms with Crippen molar-refractivity contribution in [3.63, 3.8) is 0 Å². The Balaban J connectivity index is 1.38. The third-order valence-corrected chi connectivity index (χ3v) is 5.45. The molecule has 1 aliphatic carbocycles. The maximum Gasteiger partial charge on any atom is 0.225 e. The van der Waals surface area contributed by atoms with Crippen LogP contribution in [0.4, 0.5) is 0 Å². The normalized spacial score (nSPS) is 21.3. The number of piperazine rings is 1. The number of fused-ring (bicyclic) bond motifs is 1. The third kappa shape index (κ3) is 3.33. The minimum atomic E-state index is 0.327. The summed E-state index contributed by atoms with van der Waals surface area (Å²) >= 11 is 3.64. The van der Waals surface area contributed by atoms with E-state index in [9.17, 15) is 4.79 Å². The van der Waals surface area contributed by atoms with Gasteiger partial charge in [-0.1, -0.05) is 15.9 Å². The molecule has 2 aliphatic heterocycles. The van der Waals surface area contributed by atoms with Crippen LogP contribution in [0.1, 0.15) is 18.4 Å². The maximum absolute atomic E-state index is 12.1. The van der Waals surface area contributed by atoms with Crippen LogP contribution in [0, 0.1) is 5.92 Å². The van der Waals surface area contributed by atoms with E-state index >= 15 is 0 Å². The Kier molecular flexibility index (Phi) is 4.20. The van der Waals surface area contributed by atoms with Crippen molar-refractivity contribution >= 4 is 21.8 Å². The second-order valence-corrected chi connectivity index (χ2v) is 7.32. The van der Waals surface area contributed by atoms with Crippen molar-refractivity contribution in [3.8, 4) is 11.5 Å². The first-order valence-corrected chi connectivity index (χ1v) is 9.09. The molecular weight excluding hydrogens is 360 g/mol. The van der Waals surface area contributed by atoms with Gasteiger partial charge in [-0.25, -0.2) is 0 Å². The summed E-state index contributed by atoms with van der Waals surface area (Å²) in [6.07, 6.45) is 2.17. The molecule has 0 aromatic heterocycles. The molecule has 3 aliphatic rings. The fourth-order valence-corrected chi connectivity index (χ4v) is 3.63. The minimum absolute atomic E-state index is 0.327. The zero-order valence-corrected chi connectivity index (χ0v) is 14.7. The first-order chi connectivity index (χ1) is 11.2. The van der Waals surface area contributed by atoms with Crippen molar-refractivity contribution in [1.29, 1.82) is 0 Å². The second kappa shape index (κ2) is 6.32. The Hall–Kier alpha value is -1.27. The third-order valence-electron chi connectivity index (χ3n) is 4.72. The number of hydrogen-bond donors (Lipinski definition) is 0. The number of halogens is 1. The standard InChI is InChI=1S/C17H21BrN2O3/c18-14-10-16-15(22-7-8-23-16)9-13(14)11-19-3-5-20(6-4-19)17(21)12-1-2-12/h9-10,12H,1-8,11H2. The molecule has 0 spiro atoms. The van der Waals surface area contributed by atoms with Gasteiger partial charge < -0.3 is 14.4 Å². The Morgan fingerprint density at radius 2 is 1.74 bits per heavy atom. The van der Waals surface area contributed by atoms with Gasteiger partial charge in [0.05, 0.1) is 0 Å². The van der Waals surface area contributed by atoms with Crippen LogP contribution >= 0.6 is 15.9 Å². The fraction of sp³-hybridized carbons (Fsp3) is 0.588. The van der Waals surface area contributed by atoms with E-state index in [1.54, 1.807) is 0 Å². The molecule has 5 nitrogen and oxygen atoms in total. The Morgan fingerprint density at radius 3 is 2.39 bits per heavy atom. The van der Waals surface area contributed by atoms with E-state index in [-0.39, 0.29) is 0 Å². The smallest absolute Gasteiger partial charge is 0.225 e. The fourth-order valence-electron chi connectivity index (χ4n) is 3.18. The van der Waals surface area contributed by atoms with Gasteiger partial charge in [-0.3, -0.25) is 9.69 Å². The van der Waals surface area contributed by atoms with E-state index in [2.05, 4.69) is 26.9 Å². The maximum atomic E-state index is 12.1. The number of benzene rings is 1. The van der Waals surface area contributed by atoms with E-state index in [4.69, 9.17) is 9.47 Å². The van der Waals surface area contributed by atoms with Crippen molar-refractivity contribution in [3.05, 3.63) is 22.2 Å². The number of rotatable bonds is 3. The molecule has 2 heterocycles. The summed E-state index contributed by atoms with van der Waals surface area (Å²) in [5.41, 5.74) is 1.20. The molecule has 23 heavy (non-hydrogen) atoms. The molecule has 124 valence electrons. The molecule has 1 aromatic carbocycles. The van der Waals surface area contributed by atoms with Crippen LogP contribution < -0.4 is 9.47 Å². The van der Waals surface area contributed by atoms with Crippen LogP contribution in [0.15, 0.2) is 16.6 Å². The largest absolute Gasteiger partial charge is 0.486 e. The highest BCUT2D eigenvalue weighted by Gasteiger charge is 2.34. The highest BCUT2D eigenvalue weighted by Crippen LogP contribution is 2.36. The van der Waals surface area contributed by atoms with Gasteiger partial charge >= 0.3 is 0 Å². The zero-order valence-electron chi connectivity index (χ0n) is 13.1. The number of carbonyl (C=O) groups is 1. The van der Waals surface area contributed by atoms with Gasteiger partial charge in [0.15, 0.2) is 11.5 Å². The summed E-state index contributed by atoms with van der Waals surface area (Å²) in [4.78, 5) is 16.5. The molecule has 0 unspecified atom stereocenters. The summed E-state index contributed by atoms with van der Waals surface area (Å²) in [5.74, 6) is 2.34. The first kappa shape index (κ1) is 15.3. The van der Waals surface area contributed by atoms with Crippen LogP contribution in [0.25, 0.3) is 0 Å². The monoisotopic (exact) mass is 380 g/mol. The molecule has 0 N–H and O–H groups in total. The van der Waals surface area contributed by atoms with E-state index in [1.165, 1.54) is 5.56 Å². The van der Waals surface area contributed by atoms with E-state index in [0.29, 0.717) is 25.0 Å².